The standard InChI is InChI=1S/C10H9ClN2S/c11-10-2-1-9(14-10)8-3-7(4-12)5-13-6-8/h1-3,5-6H,4,12H2. The Morgan fingerprint density at radius 2 is 2.21 bits per heavy atom. The van der Waals surface area contributed by atoms with E-state index in [1.807, 2.05) is 24.4 Å². The van der Waals surface area contributed by atoms with E-state index in [0.29, 0.717) is 6.54 Å². The topological polar surface area (TPSA) is 38.9 Å². The van der Waals surface area contributed by atoms with E-state index in [2.05, 4.69) is 4.98 Å². The van der Waals surface area contributed by atoms with Crippen LogP contribution in [0.5, 0.6) is 0 Å². The lowest BCUT2D eigenvalue weighted by Gasteiger charge is -1.99. The summed E-state index contributed by atoms with van der Waals surface area (Å²) >= 11 is 7.40. The highest BCUT2D eigenvalue weighted by atomic mass is 35.5. The molecule has 2 aromatic rings. The molecule has 2 nitrogen and oxygen atoms in total. The van der Waals surface area contributed by atoms with Crippen LogP contribution in [0.4, 0.5) is 0 Å². The summed E-state index contributed by atoms with van der Waals surface area (Å²) in [5.41, 5.74) is 7.65. The fraction of sp³-hybridized carbons (Fsp3) is 0.100. The van der Waals surface area contributed by atoms with Gasteiger partial charge >= 0.3 is 0 Å². The van der Waals surface area contributed by atoms with E-state index in [9.17, 15) is 0 Å². The Morgan fingerprint density at radius 1 is 1.36 bits per heavy atom. The Bertz CT molecular complexity index is 439. The molecule has 0 radical (unpaired) electrons. The van der Waals surface area contributed by atoms with Gasteiger partial charge in [-0.05, 0) is 23.8 Å². The largest absolute Gasteiger partial charge is 0.326 e. The van der Waals surface area contributed by atoms with Crippen molar-refractivity contribution in [2.75, 3.05) is 0 Å². The summed E-state index contributed by atoms with van der Waals surface area (Å²) in [5.74, 6) is 0. The van der Waals surface area contributed by atoms with Crippen LogP contribution < -0.4 is 5.73 Å². The van der Waals surface area contributed by atoms with Crippen molar-refractivity contribution in [1.82, 2.24) is 4.98 Å². The molecule has 0 fully saturated rings. The zero-order valence-electron chi connectivity index (χ0n) is 7.40. The molecule has 0 saturated heterocycles. The van der Waals surface area contributed by atoms with Gasteiger partial charge in [-0.15, -0.1) is 11.3 Å². The molecule has 0 bridgehead atoms. The molecule has 4 heteroatoms. The maximum Gasteiger partial charge on any atom is 0.0934 e. The number of hydrogen-bond acceptors (Lipinski definition) is 3. The Kier molecular flexibility index (Phi) is 2.82. The van der Waals surface area contributed by atoms with Gasteiger partial charge in [-0.25, -0.2) is 0 Å². The number of hydrogen-bond donors (Lipinski definition) is 1. The van der Waals surface area contributed by atoms with Gasteiger partial charge in [0, 0.05) is 29.4 Å². The first-order chi connectivity index (χ1) is 6.79. The first-order valence-corrected chi connectivity index (χ1v) is 5.39. The van der Waals surface area contributed by atoms with Crippen molar-refractivity contribution in [2.45, 2.75) is 6.54 Å². The van der Waals surface area contributed by atoms with E-state index in [1.165, 1.54) is 0 Å². The Hall–Kier alpha value is -0.900. The SMILES string of the molecule is NCc1cncc(-c2ccc(Cl)s2)c1. The predicted molar refractivity (Wildman–Crippen MR) is 60.5 cm³/mol. The van der Waals surface area contributed by atoms with Crippen molar-refractivity contribution in [3.05, 3.63) is 40.5 Å². The van der Waals surface area contributed by atoms with Gasteiger partial charge in [-0.1, -0.05) is 11.6 Å². The highest BCUT2D eigenvalue weighted by Crippen LogP contribution is 2.30. The van der Waals surface area contributed by atoms with Crippen LogP contribution in [0.1, 0.15) is 5.56 Å². The minimum atomic E-state index is 0.514. The fourth-order valence-corrected chi connectivity index (χ4v) is 2.23. The number of nitrogens with zero attached hydrogens (tertiary/aromatic N) is 1. The van der Waals surface area contributed by atoms with Crippen molar-refractivity contribution < 1.29 is 0 Å². The van der Waals surface area contributed by atoms with Crippen molar-refractivity contribution in [3.63, 3.8) is 0 Å². The van der Waals surface area contributed by atoms with Gasteiger partial charge in [0.25, 0.3) is 0 Å². The Morgan fingerprint density at radius 3 is 2.86 bits per heavy atom. The van der Waals surface area contributed by atoms with Crippen molar-refractivity contribution >= 4 is 22.9 Å². The summed E-state index contributed by atoms with van der Waals surface area (Å²) < 4.78 is 0.790. The van der Waals surface area contributed by atoms with Crippen LogP contribution in [-0.4, -0.2) is 4.98 Å². The minimum absolute atomic E-state index is 0.514. The van der Waals surface area contributed by atoms with Crippen LogP contribution in [0.3, 0.4) is 0 Å². The van der Waals surface area contributed by atoms with Crippen molar-refractivity contribution in [3.8, 4) is 10.4 Å². The molecule has 0 spiro atoms. The van der Waals surface area contributed by atoms with Gasteiger partial charge < -0.3 is 5.73 Å². The summed E-state index contributed by atoms with van der Waals surface area (Å²) in [5, 5.41) is 0. The van der Waals surface area contributed by atoms with E-state index in [0.717, 1.165) is 20.3 Å². The van der Waals surface area contributed by atoms with E-state index in [1.54, 1.807) is 17.5 Å². The third-order valence-electron chi connectivity index (χ3n) is 1.89. The molecule has 72 valence electrons. The number of nitrogens with two attached hydrogens (primary N) is 1. The number of thiophene rings is 1. The normalized spacial score (nSPS) is 10.4. The number of halogens is 1. The van der Waals surface area contributed by atoms with Gasteiger partial charge in [0.05, 0.1) is 4.34 Å². The molecule has 0 saturated carbocycles. The molecular weight excluding hydrogens is 216 g/mol. The number of pyridine rings is 1. The zero-order valence-corrected chi connectivity index (χ0v) is 8.98. The summed E-state index contributed by atoms with van der Waals surface area (Å²) in [6, 6.07) is 5.91. The molecule has 0 atom stereocenters. The molecule has 2 N–H and O–H groups in total. The van der Waals surface area contributed by atoms with Crippen LogP contribution in [0.25, 0.3) is 10.4 Å². The molecule has 14 heavy (non-hydrogen) atoms. The molecule has 0 aliphatic carbocycles. The zero-order chi connectivity index (χ0) is 9.97. The molecule has 0 aromatic carbocycles. The molecule has 0 aliphatic rings. The monoisotopic (exact) mass is 224 g/mol. The van der Waals surface area contributed by atoms with E-state index in [4.69, 9.17) is 17.3 Å². The molecule has 2 aromatic heterocycles. The second kappa shape index (κ2) is 4.09. The van der Waals surface area contributed by atoms with Crippen LogP contribution >= 0.6 is 22.9 Å². The summed E-state index contributed by atoms with van der Waals surface area (Å²) in [4.78, 5) is 5.25. The second-order valence-corrected chi connectivity index (χ2v) is 4.60. The Balaban J connectivity index is 2.41. The van der Waals surface area contributed by atoms with Crippen molar-refractivity contribution in [1.29, 1.82) is 0 Å². The summed E-state index contributed by atoms with van der Waals surface area (Å²) in [6.45, 7) is 0.514. The smallest absolute Gasteiger partial charge is 0.0934 e. The summed E-state index contributed by atoms with van der Waals surface area (Å²) in [6.07, 6.45) is 3.60. The third-order valence-corrected chi connectivity index (χ3v) is 3.17. The van der Waals surface area contributed by atoms with E-state index in [-0.39, 0.29) is 0 Å². The van der Waals surface area contributed by atoms with Gasteiger partial charge in [0.2, 0.25) is 0 Å². The molecule has 0 unspecified atom stereocenters. The lowest BCUT2D eigenvalue weighted by molar-refractivity contribution is 1.05. The van der Waals surface area contributed by atoms with Gasteiger partial charge in [-0.3, -0.25) is 4.98 Å². The van der Waals surface area contributed by atoms with Gasteiger partial charge in [0.1, 0.15) is 0 Å². The molecule has 2 rings (SSSR count). The first kappa shape index (κ1) is 9.65. The maximum atomic E-state index is 5.86. The molecule has 0 aliphatic heterocycles. The molecule has 2 heterocycles. The number of aromatic nitrogens is 1. The number of rotatable bonds is 2. The van der Waals surface area contributed by atoms with E-state index < -0.39 is 0 Å². The van der Waals surface area contributed by atoms with E-state index >= 15 is 0 Å². The lowest BCUT2D eigenvalue weighted by atomic mass is 10.2. The van der Waals surface area contributed by atoms with Crippen LogP contribution in [0.15, 0.2) is 30.6 Å². The van der Waals surface area contributed by atoms with Crippen LogP contribution in [-0.2, 0) is 6.54 Å². The molecular formula is C10H9ClN2S. The van der Waals surface area contributed by atoms with Gasteiger partial charge in [0.15, 0.2) is 0 Å². The average molecular weight is 225 g/mol. The second-order valence-electron chi connectivity index (χ2n) is 2.89. The first-order valence-electron chi connectivity index (χ1n) is 4.19. The summed E-state index contributed by atoms with van der Waals surface area (Å²) in [7, 11) is 0. The minimum Gasteiger partial charge on any atom is -0.326 e. The third kappa shape index (κ3) is 1.95. The van der Waals surface area contributed by atoms with Crippen LogP contribution in [0, 0.1) is 0 Å². The van der Waals surface area contributed by atoms with Crippen molar-refractivity contribution in [2.24, 2.45) is 5.73 Å². The fourth-order valence-electron chi connectivity index (χ4n) is 1.20. The predicted octanol–water partition coefficient (Wildman–Crippen LogP) is 2.92. The average Bonchev–Trinajstić information content (AvgIpc) is 2.65. The quantitative estimate of drug-likeness (QED) is 0.852. The lowest BCUT2D eigenvalue weighted by Crippen LogP contribution is -1.96. The highest BCUT2D eigenvalue weighted by Gasteiger charge is 2.02. The maximum absolute atomic E-state index is 5.86. The van der Waals surface area contributed by atoms with Gasteiger partial charge in [-0.2, -0.15) is 0 Å². The molecule has 0 amide bonds. The van der Waals surface area contributed by atoms with Crippen LogP contribution in [0.2, 0.25) is 4.34 Å². The Labute approximate surface area is 91.4 Å². The highest BCUT2D eigenvalue weighted by molar-refractivity contribution is 7.19.